The Kier molecular flexibility index (Phi) is 1.86. The first-order chi connectivity index (χ1) is 4.70. The fourth-order valence-electron chi connectivity index (χ4n) is 0.541. The van der Waals surface area contributed by atoms with Crippen LogP contribution in [0.4, 0.5) is 5.82 Å². The number of thiol groups is 1. The van der Waals surface area contributed by atoms with E-state index in [-0.39, 0.29) is 10.8 Å². The van der Waals surface area contributed by atoms with Crippen LogP contribution >= 0.6 is 0 Å². The first kappa shape index (κ1) is 7.01. The van der Waals surface area contributed by atoms with Gasteiger partial charge in [0.25, 0.3) is 0 Å². The van der Waals surface area contributed by atoms with Crippen molar-refractivity contribution in [2.75, 3.05) is 5.73 Å². The summed E-state index contributed by atoms with van der Waals surface area (Å²) in [5.74, 6) is 0.219. The summed E-state index contributed by atoms with van der Waals surface area (Å²) < 4.78 is 20.5. The molecule has 0 saturated carbocycles. The molecule has 1 aromatic rings. The minimum atomic E-state index is -2.60. The normalized spacial score (nSPS) is 10.1. The van der Waals surface area contributed by atoms with Gasteiger partial charge in [-0.05, 0) is 12.1 Å². The van der Waals surface area contributed by atoms with Crippen molar-refractivity contribution < 1.29 is 8.42 Å². The Balaban J connectivity index is 3.19. The molecule has 54 valence electrons. The number of hydrogen-bond acceptors (Lipinski definition) is 4. The molecule has 4 nitrogen and oxygen atoms in total. The van der Waals surface area contributed by atoms with Gasteiger partial charge in [0.1, 0.15) is 5.82 Å². The second kappa shape index (κ2) is 2.66. The zero-order valence-corrected chi connectivity index (χ0v) is 5.91. The molecule has 10 heavy (non-hydrogen) atoms. The van der Waals surface area contributed by atoms with Crippen LogP contribution in [0.2, 0.25) is 0 Å². The molecule has 0 aliphatic carbocycles. The van der Waals surface area contributed by atoms with Gasteiger partial charge in [0, 0.05) is 0 Å². The zero-order chi connectivity index (χ0) is 7.56. The monoisotopic (exact) mass is 158 g/mol. The molecule has 0 aromatic carbocycles. The molecular formula is C5H6N2O2S. The lowest BCUT2D eigenvalue weighted by Gasteiger charge is -1.90. The Morgan fingerprint density at radius 2 is 2.10 bits per heavy atom. The van der Waals surface area contributed by atoms with E-state index in [0.29, 0.717) is 0 Å². The largest absolute Gasteiger partial charge is 0.384 e. The number of aromatic nitrogens is 1. The number of rotatable bonds is 1. The third kappa shape index (κ3) is 1.44. The average Bonchev–Trinajstić information content (AvgIpc) is 1.88. The maximum atomic E-state index is 10.3. The van der Waals surface area contributed by atoms with E-state index in [1.54, 1.807) is 6.07 Å². The van der Waals surface area contributed by atoms with Crippen molar-refractivity contribution >= 4 is 16.5 Å². The van der Waals surface area contributed by atoms with Crippen molar-refractivity contribution in [2.24, 2.45) is 0 Å². The summed E-state index contributed by atoms with van der Waals surface area (Å²) in [4.78, 5) is 3.55. The van der Waals surface area contributed by atoms with E-state index in [9.17, 15) is 8.42 Å². The molecular weight excluding hydrogens is 152 g/mol. The van der Waals surface area contributed by atoms with Crippen LogP contribution in [0.25, 0.3) is 0 Å². The number of nitrogens with zero attached hydrogens (tertiary/aromatic N) is 1. The Morgan fingerprint density at radius 1 is 1.40 bits per heavy atom. The maximum absolute atomic E-state index is 10.3. The second-order valence-corrected chi connectivity index (χ2v) is 2.65. The standard InChI is InChI=1S/C5H6N2O2S/c6-4-2-1-3-5(7-4)10(8)9/h1-3,10H,(H2,6,7). The topological polar surface area (TPSA) is 73.1 Å². The van der Waals surface area contributed by atoms with Crippen molar-refractivity contribution in [3.05, 3.63) is 18.2 Å². The molecule has 1 aromatic heterocycles. The van der Waals surface area contributed by atoms with Gasteiger partial charge < -0.3 is 5.73 Å². The lowest BCUT2D eigenvalue weighted by molar-refractivity contribution is 0.611. The molecule has 0 amide bonds. The molecule has 0 atom stereocenters. The van der Waals surface area contributed by atoms with Crippen molar-refractivity contribution in [1.29, 1.82) is 0 Å². The third-order valence-electron chi connectivity index (χ3n) is 0.943. The zero-order valence-electron chi connectivity index (χ0n) is 5.02. The van der Waals surface area contributed by atoms with Crippen molar-refractivity contribution in [1.82, 2.24) is 4.98 Å². The average molecular weight is 158 g/mol. The number of hydrogen-bond donors (Lipinski definition) is 2. The Labute approximate surface area is 59.6 Å². The van der Waals surface area contributed by atoms with E-state index in [4.69, 9.17) is 5.73 Å². The van der Waals surface area contributed by atoms with E-state index < -0.39 is 10.7 Å². The van der Waals surface area contributed by atoms with Crippen LogP contribution in [-0.2, 0) is 10.7 Å². The number of nitrogens with two attached hydrogens (primary N) is 1. The number of nitrogen functional groups attached to an aromatic ring is 1. The first-order valence-corrected chi connectivity index (χ1v) is 3.75. The second-order valence-electron chi connectivity index (χ2n) is 1.68. The smallest absolute Gasteiger partial charge is 0.185 e. The highest BCUT2D eigenvalue weighted by molar-refractivity contribution is 7.72. The molecule has 0 bridgehead atoms. The molecule has 2 N–H and O–H groups in total. The fourth-order valence-corrected chi connectivity index (χ4v) is 0.946. The minimum absolute atomic E-state index is 0.00926. The van der Waals surface area contributed by atoms with Crippen molar-refractivity contribution in [3.8, 4) is 0 Å². The summed E-state index contributed by atoms with van der Waals surface area (Å²) in [5, 5.41) is 0.00926. The van der Waals surface area contributed by atoms with Gasteiger partial charge in [-0.2, -0.15) is 0 Å². The summed E-state index contributed by atoms with van der Waals surface area (Å²) >= 11 is 0. The van der Waals surface area contributed by atoms with Gasteiger partial charge in [-0.3, -0.25) is 0 Å². The van der Waals surface area contributed by atoms with Crippen LogP contribution in [0.5, 0.6) is 0 Å². The van der Waals surface area contributed by atoms with Crippen LogP contribution in [0.15, 0.2) is 23.2 Å². The molecule has 0 aliphatic rings. The van der Waals surface area contributed by atoms with Crippen molar-refractivity contribution in [2.45, 2.75) is 5.03 Å². The molecule has 0 unspecified atom stereocenters. The molecule has 5 heteroatoms. The van der Waals surface area contributed by atoms with E-state index in [0.717, 1.165) is 0 Å². The summed E-state index contributed by atoms with van der Waals surface area (Å²) in [6.07, 6.45) is 0. The maximum Gasteiger partial charge on any atom is 0.185 e. The highest BCUT2D eigenvalue weighted by Crippen LogP contribution is 2.00. The van der Waals surface area contributed by atoms with Gasteiger partial charge in [-0.15, -0.1) is 0 Å². The summed E-state index contributed by atoms with van der Waals surface area (Å²) in [6.45, 7) is 0. The van der Waals surface area contributed by atoms with Gasteiger partial charge in [-0.1, -0.05) is 6.07 Å². The van der Waals surface area contributed by atoms with Crippen LogP contribution in [0.3, 0.4) is 0 Å². The summed E-state index contributed by atoms with van der Waals surface area (Å²) in [7, 11) is -2.60. The molecule has 0 saturated heterocycles. The lowest BCUT2D eigenvalue weighted by Crippen LogP contribution is -1.92. The molecule has 1 rings (SSSR count). The first-order valence-electron chi connectivity index (χ1n) is 2.57. The molecule has 0 spiro atoms. The molecule has 0 fully saturated rings. The van der Waals surface area contributed by atoms with E-state index in [1.165, 1.54) is 12.1 Å². The summed E-state index contributed by atoms with van der Waals surface area (Å²) in [5.41, 5.74) is 5.22. The number of anilines is 1. The van der Waals surface area contributed by atoms with E-state index in [2.05, 4.69) is 4.98 Å². The van der Waals surface area contributed by atoms with Crippen molar-refractivity contribution in [3.63, 3.8) is 0 Å². The minimum Gasteiger partial charge on any atom is -0.384 e. The van der Waals surface area contributed by atoms with Crippen LogP contribution in [0, 0.1) is 0 Å². The highest BCUT2D eigenvalue weighted by Gasteiger charge is 1.93. The predicted octanol–water partition coefficient (Wildman–Crippen LogP) is -0.366. The van der Waals surface area contributed by atoms with E-state index >= 15 is 0 Å². The van der Waals surface area contributed by atoms with Gasteiger partial charge >= 0.3 is 0 Å². The highest BCUT2D eigenvalue weighted by atomic mass is 32.2. The van der Waals surface area contributed by atoms with Gasteiger partial charge in [0.05, 0.1) is 0 Å². The fraction of sp³-hybridized carbons (Fsp3) is 0. The van der Waals surface area contributed by atoms with Gasteiger partial charge in [0.2, 0.25) is 0 Å². The summed E-state index contributed by atoms with van der Waals surface area (Å²) in [6, 6.07) is 4.47. The lowest BCUT2D eigenvalue weighted by atomic mass is 10.5. The SMILES string of the molecule is Nc1cccc([SH](=O)=O)n1. The van der Waals surface area contributed by atoms with Crippen LogP contribution in [0.1, 0.15) is 0 Å². The Morgan fingerprint density at radius 3 is 2.50 bits per heavy atom. The van der Waals surface area contributed by atoms with Crippen LogP contribution < -0.4 is 5.73 Å². The molecule has 0 aliphatic heterocycles. The molecule has 1 heterocycles. The predicted molar refractivity (Wildman–Crippen MR) is 37.2 cm³/mol. The van der Waals surface area contributed by atoms with Crippen LogP contribution in [-0.4, -0.2) is 13.4 Å². The van der Waals surface area contributed by atoms with E-state index in [1.807, 2.05) is 0 Å². The number of pyridine rings is 1. The third-order valence-corrected chi connectivity index (χ3v) is 1.57. The Bertz CT molecular complexity index is 300. The molecule has 0 radical (unpaired) electrons. The quantitative estimate of drug-likeness (QED) is 0.547. The Hall–Kier alpha value is -1.10. The van der Waals surface area contributed by atoms with Gasteiger partial charge in [-0.25, -0.2) is 13.4 Å². The van der Waals surface area contributed by atoms with Gasteiger partial charge in [0.15, 0.2) is 15.7 Å².